The van der Waals surface area contributed by atoms with Crippen molar-refractivity contribution >= 4 is 11.9 Å². The molecule has 1 fully saturated rings. The van der Waals surface area contributed by atoms with Crippen LogP contribution < -0.4 is 0 Å². The Bertz CT molecular complexity index is 520. The summed E-state index contributed by atoms with van der Waals surface area (Å²) in [6, 6.07) is 4.58. The standard InChI is InChI=1S/C15H19NO4/c1-9-3-10(2)5-12(4-9)14(15(19)20)16-7-11(8-17)6-13(16)18/h3-5,11,14,17H,6-8H2,1-2H3,(H,19,20). The van der Waals surface area contributed by atoms with E-state index in [4.69, 9.17) is 5.11 Å². The van der Waals surface area contributed by atoms with Gasteiger partial charge in [-0.15, -0.1) is 0 Å². The van der Waals surface area contributed by atoms with Gasteiger partial charge >= 0.3 is 5.97 Å². The summed E-state index contributed by atoms with van der Waals surface area (Å²) in [5, 5.41) is 18.6. The first-order chi connectivity index (χ1) is 9.42. The van der Waals surface area contributed by atoms with Crippen molar-refractivity contribution in [1.82, 2.24) is 4.90 Å². The van der Waals surface area contributed by atoms with Crippen LogP contribution in [0, 0.1) is 19.8 Å². The number of benzene rings is 1. The number of rotatable bonds is 4. The minimum atomic E-state index is -1.04. The lowest BCUT2D eigenvalue weighted by molar-refractivity contribution is -0.148. The van der Waals surface area contributed by atoms with E-state index in [1.165, 1.54) is 4.90 Å². The average Bonchev–Trinajstić information content (AvgIpc) is 2.69. The summed E-state index contributed by atoms with van der Waals surface area (Å²) in [4.78, 5) is 24.9. The van der Waals surface area contributed by atoms with E-state index in [-0.39, 0.29) is 24.9 Å². The Morgan fingerprint density at radius 3 is 2.40 bits per heavy atom. The molecule has 2 unspecified atom stereocenters. The van der Waals surface area contributed by atoms with Gasteiger partial charge in [0.2, 0.25) is 5.91 Å². The summed E-state index contributed by atoms with van der Waals surface area (Å²) >= 11 is 0. The first kappa shape index (κ1) is 14.5. The van der Waals surface area contributed by atoms with E-state index in [0.717, 1.165) is 11.1 Å². The minimum Gasteiger partial charge on any atom is -0.479 e. The molecule has 5 nitrogen and oxygen atoms in total. The molecule has 2 rings (SSSR count). The van der Waals surface area contributed by atoms with E-state index >= 15 is 0 Å². The van der Waals surface area contributed by atoms with Gasteiger partial charge in [0.1, 0.15) is 0 Å². The van der Waals surface area contributed by atoms with Crippen molar-refractivity contribution in [3.8, 4) is 0 Å². The van der Waals surface area contributed by atoms with Crippen molar-refractivity contribution in [1.29, 1.82) is 0 Å². The number of hydrogen-bond donors (Lipinski definition) is 2. The van der Waals surface area contributed by atoms with Crippen LogP contribution in [0.1, 0.15) is 29.2 Å². The lowest BCUT2D eigenvalue weighted by Crippen LogP contribution is -2.35. The van der Waals surface area contributed by atoms with E-state index in [0.29, 0.717) is 12.1 Å². The number of aliphatic hydroxyl groups excluding tert-OH is 1. The van der Waals surface area contributed by atoms with Crippen molar-refractivity contribution in [2.45, 2.75) is 26.3 Å². The quantitative estimate of drug-likeness (QED) is 0.868. The zero-order chi connectivity index (χ0) is 14.9. The van der Waals surface area contributed by atoms with Gasteiger partial charge in [-0.3, -0.25) is 4.79 Å². The molecular formula is C15H19NO4. The molecule has 0 saturated carbocycles. The Morgan fingerprint density at radius 1 is 1.35 bits per heavy atom. The summed E-state index contributed by atoms with van der Waals surface area (Å²) in [5.41, 5.74) is 2.55. The Morgan fingerprint density at radius 2 is 1.95 bits per heavy atom. The normalized spacial score (nSPS) is 20.2. The SMILES string of the molecule is Cc1cc(C)cc(C(C(=O)O)N2CC(CO)CC2=O)c1. The lowest BCUT2D eigenvalue weighted by atomic mass is 10.0. The third-order valence-corrected chi connectivity index (χ3v) is 3.60. The van der Waals surface area contributed by atoms with Gasteiger partial charge < -0.3 is 15.1 Å². The Kier molecular flexibility index (Phi) is 4.09. The van der Waals surface area contributed by atoms with Gasteiger partial charge in [0.15, 0.2) is 6.04 Å². The first-order valence-corrected chi connectivity index (χ1v) is 6.63. The largest absolute Gasteiger partial charge is 0.479 e. The van der Waals surface area contributed by atoms with Crippen LogP contribution in [-0.4, -0.2) is 40.1 Å². The molecule has 0 aliphatic carbocycles. The van der Waals surface area contributed by atoms with Crippen molar-refractivity contribution in [3.63, 3.8) is 0 Å². The van der Waals surface area contributed by atoms with E-state index in [2.05, 4.69) is 0 Å². The molecule has 0 aromatic heterocycles. The molecule has 5 heteroatoms. The number of carbonyl (C=O) groups is 2. The van der Waals surface area contributed by atoms with E-state index in [1.807, 2.05) is 19.9 Å². The number of carboxylic acid groups (broad SMARTS) is 1. The predicted octanol–water partition coefficient (Wildman–Crippen LogP) is 1.27. The van der Waals surface area contributed by atoms with E-state index in [1.54, 1.807) is 12.1 Å². The molecule has 1 aromatic carbocycles. The Labute approximate surface area is 117 Å². The van der Waals surface area contributed by atoms with Crippen molar-refractivity contribution < 1.29 is 19.8 Å². The highest BCUT2D eigenvalue weighted by atomic mass is 16.4. The second kappa shape index (κ2) is 5.63. The van der Waals surface area contributed by atoms with E-state index < -0.39 is 12.0 Å². The van der Waals surface area contributed by atoms with Crippen LogP contribution >= 0.6 is 0 Å². The maximum absolute atomic E-state index is 12.0. The molecule has 108 valence electrons. The van der Waals surface area contributed by atoms with Crippen LogP contribution in [0.25, 0.3) is 0 Å². The molecule has 2 N–H and O–H groups in total. The van der Waals surface area contributed by atoms with Crippen LogP contribution in [0.2, 0.25) is 0 Å². The van der Waals surface area contributed by atoms with E-state index in [9.17, 15) is 14.7 Å². The highest BCUT2D eigenvalue weighted by molar-refractivity contribution is 5.86. The van der Waals surface area contributed by atoms with Crippen molar-refractivity contribution in [2.75, 3.05) is 13.2 Å². The third kappa shape index (κ3) is 2.82. The molecule has 1 amide bonds. The zero-order valence-electron chi connectivity index (χ0n) is 11.7. The van der Waals surface area contributed by atoms with Gasteiger partial charge in [0.25, 0.3) is 0 Å². The number of amides is 1. The molecular weight excluding hydrogens is 258 g/mol. The molecule has 1 saturated heterocycles. The maximum atomic E-state index is 12.0. The molecule has 1 aromatic rings. The fourth-order valence-electron chi connectivity index (χ4n) is 2.80. The monoisotopic (exact) mass is 277 g/mol. The second-order valence-electron chi connectivity index (χ2n) is 5.46. The van der Waals surface area contributed by atoms with Gasteiger partial charge in [0, 0.05) is 25.5 Å². The Hall–Kier alpha value is -1.88. The molecule has 0 bridgehead atoms. The summed E-state index contributed by atoms with van der Waals surface area (Å²) in [7, 11) is 0. The Balaban J connectivity index is 2.37. The topological polar surface area (TPSA) is 77.8 Å². The molecule has 20 heavy (non-hydrogen) atoms. The molecule has 0 radical (unpaired) electrons. The predicted molar refractivity (Wildman–Crippen MR) is 73.2 cm³/mol. The number of aryl methyl sites for hydroxylation is 2. The minimum absolute atomic E-state index is 0.0958. The van der Waals surface area contributed by atoms with Crippen LogP contribution in [0.3, 0.4) is 0 Å². The molecule has 2 atom stereocenters. The van der Waals surface area contributed by atoms with Crippen molar-refractivity contribution in [3.05, 3.63) is 34.9 Å². The summed E-state index contributed by atoms with van der Waals surface area (Å²) in [5.74, 6) is -1.42. The lowest BCUT2D eigenvalue weighted by Gasteiger charge is -2.25. The van der Waals surface area contributed by atoms with Gasteiger partial charge in [-0.05, 0) is 19.4 Å². The average molecular weight is 277 g/mol. The summed E-state index contributed by atoms with van der Waals surface area (Å²) in [6.45, 7) is 4.00. The molecule has 1 heterocycles. The maximum Gasteiger partial charge on any atom is 0.331 e. The number of hydrogen-bond acceptors (Lipinski definition) is 3. The molecule has 0 spiro atoms. The number of likely N-dealkylation sites (tertiary alicyclic amines) is 1. The number of carbonyl (C=O) groups excluding carboxylic acids is 1. The summed E-state index contributed by atoms with van der Waals surface area (Å²) < 4.78 is 0. The van der Waals surface area contributed by atoms with Crippen LogP contribution in [0.5, 0.6) is 0 Å². The molecule has 1 aliphatic rings. The van der Waals surface area contributed by atoms with Gasteiger partial charge in [-0.2, -0.15) is 0 Å². The van der Waals surface area contributed by atoms with Crippen LogP contribution in [0.15, 0.2) is 18.2 Å². The fourth-order valence-corrected chi connectivity index (χ4v) is 2.80. The van der Waals surface area contributed by atoms with Crippen LogP contribution in [0.4, 0.5) is 0 Å². The molecule has 1 aliphatic heterocycles. The summed E-state index contributed by atoms with van der Waals surface area (Å²) in [6.07, 6.45) is 0.213. The smallest absolute Gasteiger partial charge is 0.331 e. The van der Waals surface area contributed by atoms with Gasteiger partial charge in [-0.1, -0.05) is 29.3 Å². The third-order valence-electron chi connectivity index (χ3n) is 3.60. The highest BCUT2D eigenvalue weighted by Crippen LogP contribution is 2.30. The highest BCUT2D eigenvalue weighted by Gasteiger charge is 2.38. The number of nitrogens with zero attached hydrogens (tertiary/aromatic N) is 1. The number of aliphatic carboxylic acids is 1. The van der Waals surface area contributed by atoms with Crippen LogP contribution in [-0.2, 0) is 9.59 Å². The van der Waals surface area contributed by atoms with Crippen molar-refractivity contribution in [2.24, 2.45) is 5.92 Å². The van der Waals surface area contributed by atoms with Gasteiger partial charge in [0.05, 0.1) is 0 Å². The second-order valence-corrected chi connectivity index (χ2v) is 5.46. The first-order valence-electron chi connectivity index (χ1n) is 6.63. The zero-order valence-corrected chi connectivity index (χ0v) is 11.7. The van der Waals surface area contributed by atoms with Gasteiger partial charge in [-0.25, -0.2) is 4.79 Å². The number of carboxylic acids is 1. The number of aliphatic hydroxyl groups is 1. The fraction of sp³-hybridized carbons (Fsp3) is 0.467.